The van der Waals surface area contributed by atoms with Crippen molar-refractivity contribution < 1.29 is 5.11 Å². The lowest BCUT2D eigenvalue weighted by Crippen LogP contribution is -1.89. The summed E-state index contributed by atoms with van der Waals surface area (Å²) >= 11 is 0. The Morgan fingerprint density at radius 1 is 0.548 bits per heavy atom. The number of aliphatic hydroxyl groups excluding tert-OH is 1. The van der Waals surface area contributed by atoms with Crippen LogP contribution in [0.15, 0.2) is 72.8 Å². The van der Waals surface area contributed by atoms with Crippen molar-refractivity contribution in [2.75, 3.05) is 7.11 Å². The van der Waals surface area contributed by atoms with Crippen molar-refractivity contribution in [1.29, 1.82) is 0 Å². The molecule has 1 nitrogen and oxygen atoms in total. The number of fused-ring (bicyclic) bond motifs is 2. The van der Waals surface area contributed by atoms with Crippen molar-refractivity contribution in [2.45, 2.75) is 125 Å². The van der Waals surface area contributed by atoms with Crippen molar-refractivity contribution in [1.82, 2.24) is 0 Å². The van der Waals surface area contributed by atoms with Gasteiger partial charge in [-0.3, -0.25) is 0 Å². The van der Waals surface area contributed by atoms with E-state index in [1.807, 2.05) is 0 Å². The van der Waals surface area contributed by atoms with E-state index in [4.69, 9.17) is 5.11 Å². The molecule has 0 aromatic heterocycles. The average molecular weight is 569 g/mol. The lowest BCUT2D eigenvalue weighted by molar-refractivity contribution is 0.399. The summed E-state index contributed by atoms with van der Waals surface area (Å²) in [5, 5.41) is 12.4. The van der Waals surface area contributed by atoms with Gasteiger partial charge in [0.25, 0.3) is 0 Å². The molecule has 4 aromatic carbocycles. The maximum absolute atomic E-state index is 7.00. The van der Waals surface area contributed by atoms with Crippen LogP contribution >= 0.6 is 0 Å². The second-order valence-corrected chi connectivity index (χ2v) is 12.1. The van der Waals surface area contributed by atoms with E-state index in [-0.39, 0.29) is 0 Å². The van der Waals surface area contributed by atoms with Crippen LogP contribution in [0.25, 0.3) is 32.7 Å². The highest BCUT2D eigenvalue weighted by Crippen LogP contribution is 2.39. The minimum Gasteiger partial charge on any atom is -0.400 e. The zero-order chi connectivity index (χ0) is 30.6. The molecule has 0 bridgehead atoms. The van der Waals surface area contributed by atoms with Crippen molar-refractivity contribution in [3.8, 4) is 11.1 Å². The summed E-state index contributed by atoms with van der Waals surface area (Å²) in [6.07, 6.45) is 20.6. The van der Waals surface area contributed by atoms with Gasteiger partial charge < -0.3 is 5.11 Å². The van der Waals surface area contributed by atoms with E-state index < -0.39 is 0 Å². The van der Waals surface area contributed by atoms with Gasteiger partial charge in [0.2, 0.25) is 0 Å². The van der Waals surface area contributed by atoms with E-state index in [0.717, 1.165) is 13.0 Å². The molecule has 1 N–H and O–H groups in total. The monoisotopic (exact) mass is 568 g/mol. The van der Waals surface area contributed by atoms with Crippen LogP contribution in [-0.4, -0.2) is 12.2 Å². The Hall–Kier alpha value is -2.64. The Kier molecular flexibility index (Phi) is 17.9. The largest absolute Gasteiger partial charge is 0.400 e. The smallest absolute Gasteiger partial charge is 0.0319 e. The van der Waals surface area contributed by atoms with Gasteiger partial charge in [0.15, 0.2) is 0 Å². The minimum absolute atomic E-state index is 1.00. The molecule has 0 spiro atoms. The maximum Gasteiger partial charge on any atom is 0.0319 e. The molecule has 0 aliphatic heterocycles. The van der Waals surface area contributed by atoms with Gasteiger partial charge in [0, 0.05) is 7.11 Å². The Labute approximate surface area is 258 Å². The zero-order valence-electron chi connectivity index (χ0n) is 27.9. The second-order valence-electron chi connectivity index (χ2n) is 12.1. The van der Waals surface area contributed by atoms with Crippen molar-refractivity contribution in [3.05, 3.63) is 83.9 Å². The number of benzene rings is 4. The molecular weight excluding hydrogens is 508 g/mol. The van der Waals surface area contributed by atoms with Crippen LogP contribution in [0.3, 0.4) is 0 Å². The molecule has 42 heavy (non-hydrogen) atoms. The first-order valence-electron chi connectivity index (χ1n) is 17.0. The van der Waals surface area contributed by atoms with Crippen LogP contribution in [0.1, 0.15) is 122 Å². The quantitative estimate of drug-likeness (QED) is 0.133. The number of unbranched alkanes of at least 4 members (excludes halogenated alkanes) is 9. The van der Waals surface area contributed by atoms with Crippen molar-refractivity contribution in [3.63, 3.8) is 0 Å². The van der Waals surface area contributed by atoms with Gasteiger partial charge in [-0.15, -0.1) is 0 Å². The highest BCUT2D eigenvalue weighted by atomic mass is 16.2. The number of aliphatic hydroxyl groups is 1. The maximum atomic E-state index is 7.00. The summed E-state index contributed by atoms with van der Waals surface area (Å²) in [5.41, 5.74) is 5.29. The summed E-state index contributed by atoms with van der Waals surface area (Å²) in [5.74, 6) is 1.15. The molecule has 0 atom stereocenters. The molecule has 0 heterocycles. The number of hydrogen-bond acceptors (Lipinski definition) is 1. The third-order valence-electron chi connectivity index (χ3n) is 8.20. The van der Waals surface area contributed by atoms with Gasteiger partial charge in [-0.2, -0.15) is 0 Å². The van der Waals surface area contributed by atoms with Gasteiger partial charge >= 0.3 is 0 Å². The van der Waals surface area contributed by atoms with E-state index >= 15 is 0 Å². The predicted octanol–water partition coefficient (Wildman–Crippen LogP) is 13.0. The minimum atomic E-state index is 1.00. The molecule has 0 radical (unpaired) electrons. The normalized spacial score (nSPS) is 12.1. The molecule has 0 amide bonds. The molecule has 0 saturated heterocycles. The molecule has 1 aliphatic carbocycles. The molecule has 5 rings (SSSR count). The van der Waals surface area contributed by atoms with Crippen LogP contribution in [0, 0.1) is 19.8 Å². The predicted molar refractivity (Wildman–Crippen MR) is 190 cm³/mol. The number of rotatable bonds is 12. The Bertz CT molecular complexity index is 1190. The Morgan fingerprint density at radius 2 is 0.952 bits per heavy atom. The summed E-state index contributed by atoms with van der Waals surface area (Å²) in [6, 6.07) is 26.3. The van der Waals surface area contributed by atoms with Crippen LogP contribution in [0.4, 0.5) is 0 Å². The Morgan fingerprint density at radius 3 is 1.38 bits per heavy atom. The van der Waals surface area contributed by atoms with Crippen LogP contribution in [-0.2, 0) is 0 Å². The highest BCUT2D eigenvalue weighted by Gasteiger charge is 2.19. The Balaban J connectivity index is 0.000000270. The topological polar surface area (TPSA) is 20.2 Å². The van der Waals surface area contributed by atoms with Gasteiger partial charge in [-0.1, -0.05) is 189 Å². The first kappa shape index (κ1) is 35.6. The molecule has 1 heteroatoms. The van der Waals surface area contributed by atoms with E-state index in [2.05, 4.69) is 107 Å². The average Bonchev–Trinajstić information content (AvgIpc) is 3.86. The van der Waals surface area contributed by atoms with Gasteiger partial charge in [-0.05, 0) is 58.0 Å². The molecule has 1 saturated carbocycles. The summed E-state index contributed by atoms with van der Waals surface area (Å²) in [6.45, 7) is 10.9. The van der Waals surface area contributed by atoms with Crippen LogP contribution < -0.4 is 0 Å². The van der Waals surface area contributed by atoms with E-state index in [1.54, 1.807) is 0 Å². The molecule has 4 aromatic rings. The van der Waals surface area contributed by atoms with Gasteiger partial charge in [-0.25, -0.2) is 0 Å². The van der Waals surface area contributed by atoms with E-state index in [9.17, 15) is 0 Å². The van der Waals surface area contributed by atoms with E-state index in [1.165, 1.54) is 134 Å². The second kappa shape index (κ2) is 21.1. The summed E-state index contributed by atoms with van der Waals surface area (Å²) < 4.78 is 0. The third kappa shape index (κ3) is 11.9. The summed E-state index contributed by atoms with van der Waals surface area (Å²) in [4.78, 5) is 0. The first-order chi connectivity index (χ1) is 20.6. The SMILES string of the molecule is CCC.CCCCCCCCCCCCC1CC1.CO.Cc1ccc(-c2c3ccccc3c(C)c3ccccc23)cc1. The standard InChI is InChI=1S/C22H18.C15H30.C3H8.CH4O/c1-15-11-13-17(14-12-15)22-20-9-5-3-7-18(20)16(2)19-8-4-6-10-21(19)22;1-2-3-4-5-6-7-8-9-10-11-12-15-13-14-15;1-3-2;1-2/h3-14H,1-2H3;15H,2-14H2,1H3;3H2,1-2H3;2H,1H3. The van der Waals surface area contributed by atoms with Crippen molar-refractivity contribution in [2.24, 2.45) is 5.92 Å². The highest BCUT2D eigenvalue weighted by molar-refractivity contribution is 6.14. The molecule has 1 fully saturated rings. The fourth-order valence-corrected chi connectivity index (χ4v) is 5.70. The third-order valence-corrected chi connectivity index (χ3v) is 8.20. The number of hydrogen-bond donors (Lipinski definition) is 1. The fraction of sp³-hybridized carbons (Fsp3) is 0.512. The molecule has 0 unspecified atom stereocenters. The van der Waals surface area contributed by atoms with Crippen LogP contribution in [0.2, 0.25) is 0 Å². The molecular formula is C41H60O. The lowest BCUT2D eigenvalue weighted by atomic mass is 9.89. The van der Waals surface area contributed by atoms with Gasteiger partial charge in [0.1, 0.15) is 0 Å². The van der Waals surface area contributed by atoms with Crippen molar-refractivity contribution >= 4 is 21.5 Å². The number of aryl methyl sites for hydroxylation is 2. The van der Waals surface area contributed by atoms with Crippen LogP contribution in [0.5, 0.6) is 0 Å². The first-order valence-corrected chi connectivity index (χ1v) is 17.0. The zero-order valence-corrected chi connectivity index (χ0v) is 27.9. The fourth-order valence-electron chi connectivity index (χ4n) is 5.70. The van der Waals surface area contributed by atoms with E-state index in [0.29, 0.717) is 0 Å². The lowest BCUT2D eigenvalue weighted by Gasteiger charge is -2.15. The van der Waals surface area contributed by atoms with Gasteiger partial charge in [0.05, 0.1) is 0 Å². The summed E-state index contributed by atoms with van der Waals surface area (Å²) in [7, 11) is 1.00. The molecule has 1 aliphatic rings. The molecule has 230 valence electrons.